The minimum absolute atomic E-state index is 0.793. The predicted molar refractivity (Wildman–Crippen MR) is 89.5 cm³/mol. The molecule has 1 aromatic heterocycles. The highest BCUT2D eigenvalue weighted by atomic mass is 14.9. The number of nitrogens with one attached hydrogen (secondary N) is 1. The summed E-state index contributed by atoms with van der Waals surface area (Å²) in [5, 5.41) is 5.94. The molecule has 3 aromatic rings. The lowest BCUT2D eigenvalue weighted by Gasteiger charge is -2.09. The third-order valence-corrected chi connectivity index (χ3v) is 3.73. The van der Waals surface area contributed by atoms with Crippen LogP contribution in [0, 0.1) is 0 Å². The van der Waals surface area contributed by atoms with Gasteiger partial charge in [-0.2, -0.15) is 0 Å². The van der Waals surface area contributed by atoms with Gasteiger partial charge in [-0.25, -0.2) is 0 Å². The molecule has 0 aliphatic heterocycles. The van der Waals surface area contributed by atoms with Crippen LogP contribution in [-0.4, -0.2) is 4.98 Å². The van der Waals surface area contributed by atoms with E-state index in [1.165, 1.54) is 28.3 Å². The lowest BCUT2D eigenvalue weighted by molar-refractivity contribution is 0.922. The highest BCUT2D eigenvalue weighted by Crippen LogP contribution is 2.19. The van der Waals surface area contributed by atoms with Gasteiger partial charge in [-0.15, -0.1) is 0 Å². The Bertz CT molecular complexity index is 712. The Morgan fingerprint density at radius 2 is 1.76 bits per heavy atom. The predicted octanol–water partition coefficient (Wildman–Crippen LogP) is 4.80. The van der Waals surface area contributed by atoms with Gasteiger partial charge in [0.15, 0.2) is 0 Å². The molecule has 0 unspecified atom stereocenters. The van der Waals surface area contributed by atoms with Crippen molar-refractivity contribution in [2.75, 3.05) is 5.32 Å². The summed E-state index contributed by atoms with van der Waals surface area (Å²) in [5.41, 5.74) is 3.78. The molecule has 2 heteroatoms. The SMILES string of the molecule is CCCc1ccc(NCc2cncc3ccccc23)cc1. The number of hydrogen-bond acceptors (Lipinski definition) is 2. The first-order chi connectivity index (χ1) is 10.4. The first-order valence-electron chi connectivity index (χ1n) is 7.51. The largest absolute Gasteiger partial charge is 0.381 e. The Balaban J connectivity index is 1.74. The Morgan fingerprint density at radius 1 is 0.952 bits per heavy atom. The minimum Gasteiger partial charge on any atom is -0.381 e. The van der Waals surface area contributed by atoms with Gasteiger partial charge in [0.1, 0.15) is 0 Å². The van der Waals surface area contributed by atoms with Crippen molar-refractivity contribution in [3.63, 3.8) is 0 Å². The molecule has 3 rings (SSSR count). The Kier molecular flexibility index (Phi) is 4.15. The number of aryl methyl sites for hydroxylation is 1. The zero-order valence-electron chi connectivity index (χ0n) is 12.3. The third kappa shape index (κ3) is 3.22. The molecule has 0 saturated carbocycles. The van der Waals surface area contributed by atoms with E-state index in [-0.39, 0.29) is 0 Å². The van der Waals surface area contributed by atoms with Crippen LogP contribution in [0.4, 0.5) is 5.69 Å². The second kappa shape index (κ2) is 6.40. The molecule has 0 atom stereocenters. The Hall–Kier alpha value is -2.35. The van der Waals surface area contributed by atoms with Crippen LogP contribution in [-0.2, 0) is 13.0 Å². The maximum absolute atomic E-state index is 4.32. The van der Waals surface area contributed by atoms with Crippen LogP contribution in [0.5, 0.6) is 0 Å². The highest BCUT2D eigenvalue weighted by Gasteiger charge is 2.01. The fraction of sp³-hybridized carbons (Fsp3) is 0.211. The fourth-order valence-corrected chi connectivity index (χ4v) is 2.60. The van der Waals surface area contributed by atoms with Gasteiger partial charge >= 0.3 is 0 Å². The maximum Gasteiger partial charge on any atom is 0.0422 e. The minimum atomic E-state index is 0.793. The molecule has 0 aliphatic carbocycles. The van der Waals surface area contributed by atoms with E-state index in [0.717, 1.165) is 18.7 Å². The molecule has 0 amide bonds. The van der Waals surface area contributed by atoms with Crippen LogP contribution >= 0.6 is 0 Å². The van der Waals surface area contributed by atoms with Crippen LogP contribution in [0.2, 0.25) is 0 Å². The molecule has 0 saturated heterocycles. The molecule has 0 fully saturated rings. The number of benzene rings is 2. The Labute approximate surface area is 125 Å². The number of hydrogen-bond donors (Lipinski definition) is 1. The van der Waals surface area contributed by atoms with Crippen LogP contribution in [0.3, 0.4) is 0 Å². The molecular weight excluding hydrogens is 256 g/mol. The van der Waals surface area contributed by atoms with Gasteiger partial charge in [-0.1, -0.05) is 49.7 Å². The standard InChI is InChI=1S/C19H20N2/c1-2-5-15-8-10-18(11-9-15)21-14-17-13-20-12-16-6-3-4-7-19(16)17/h3-4,6-13,21H,2,5,14H2,1H3. The van der Waals surface area contributed by atoms with Crippen molar-refractivity contribution in [2.24, 2.45) is 0 Å². The lowest BCUT2D eigenvalue weighted by atomic mass is 10.1. The molecule has 0 radical (unpaired) electrons. The van der Waals surface area contributed by atoms with Crippen LogP contribution in [0.15, 0.2) is 60.9 Å². The molecule has 21 heavy (non-hydrogen) atoms. The van der Waals surface area contributed by atoms with Gasteiger partial charge in [0.05, 0.1) is 0 Å². The number of nitrogens with zero attached hydrogens (tertiary/aromatic N) is 1. The topological polar surface area (TPSA) is 24.9 Å². The van der Waals surface area contributed by atoms with Crippen molar-refractivity contribution in [3.8, 4) is 0 Å². The highest BCUT2D eigenvalue weighted by molar-refractivity contribution is 5.84. The van der Waals surface area contributed by atoms with Crippen molar-refractivity contribution in [2.45, 2.75) is 26.3 Å². The first kappa shape index (κ1) is 13.6. The fourth-order valence-electron chi connectivity index (χ4n) is 2.60. The summed E-state index contributed by atoms with van der Waals surface area (Å²) >= 11 is 0. The zero-order chi connectivity index (χ0) is 14.5. The molecular formula is C19H20N2. The summed E-state index contributed by atoms with van der Waals surface area (Å²) in [6.07, 6.45) is 6.20. The summed E-state index contributed by atoms with van der Waals surface area (Å²) < 4.78 is 0. The molecule has 0 bridgehead atoms. The number of pyridine rings is 1. The summed E-state index contributed by atoms with van der Waals surface area (Å²) in [6, 6.07) is 17.1. The van der Waals surface area contributed by atoms with E-state index >= 15 is 0 Å². The second-order valence-electron chi connectivity index (χ2n) is 5.32. The van der Waals surface area contributed by atoms with Crippen LogP contribution in [0.1, 0.15) is 24.5 Å². The molecule has 106 valence electrons. The van der Waals surface area contributed by atoms with E-state index in [2.05, 4.69) is 59.7 Å². The summed E-state index contributed by atoms with van der Waals surface area (Å²) in [6.45, 7) is 3.00. The average molecular weight is 276 g/mol. The molecule has 1 N–H and O–H groups in total. The normalized spacial score (nSPS) is 10.7. The van der Waals surface area contributed by atoms with E-state index in [1.807, 2.05) is 18.5 Å². The van der Waals surface area contributed by atoms with E-state index in [4.69, 9.17) is 0 Å². The van der Waals surface area contributed by atoms with Crippen molar-refractivity contribution < 1.29 is 0 Å². The van der Waals surface area contributed by atoms with E-state index in [0.29, 0.717) is 0 Å². The van der Waals surface area contributed by atoms with Crippen LogP contribution < -0.4 is 5.32 Å². The van der Waals surface area contributed by atoms with E-state index in [9.17, 15) is 0 Å². The average Bonchev–Trinajstić information content (AvgIpc) is 2.54. The number of anilines is 1. The van der Waals surface area contributed by atoms with Gasteiger partial charge in [-0.3, -0.25) is 4.98 Å². The molecule has 0 aliphatic rings. The number of aromatic nitrogens is 1. The van der Waals surface area contributed by atoms with Gasteiger partial charge in [0.2, 0.25) is 0 Å². The number of rotatable bonds is 5. The second-order valence-corrected chi connectivity index (χ2v) is 5.32. The molecule has 1 heterocycles. The van der Waals surface area contributed by atoms with Crippen molar-refractivity contribution in [1.29, 1.82) is 0 Å². The molecule has 0 spiro atoms. The van der Waals surface area contributed by atoms with Gasteiger partial charge in [0.25, 0.3) is 0 Å². The van der Waals surface area contributed by atoms with Gasteiger partial charge < -0.3 is 5.32 Å². The van der Waals surface area contributed by atoms with E-state index in [1.54, 1.807) is 0 Å². The third-order valence-electron chi connectivity index (χ3n) is 3.73. The van der Waals surface area contributed by atoms with Crippen molar-refractivity contribution in [3.05, 3.63) is 72.1 Å². The summed E-state index contributed by atoms with van der Waals surface area (Å²) in [7, 11) is 0. The van der Waals surface area contributed by atoms with Crippen molar-refractivity contribution >= 4 is 16.5 Å². The smallest absolute Gasteiger partial charge is 0.0422 e. The monoisotopic (exact) mass is 276 g/mol. The van der Waals surface area contributed by atoms with Crippen molar-refractivity contribution in [1.82, 2.24) is 4.98 Å². The van der Waals surface area contributed by atoms with Gasteiger partial charge in [-0.05, 0) is 35.1 Å². The van der Waals surface area contributed by atoms with Crippen LogP contribution in [0.25, 0.3) is 10.8 Å². The first-order valence-corrected chi connectivity index (χ1v) is 7.51. The lowest BCUT2D eigenvalue weighted by Crippen LogP contribution is -2.00. The molecule has 2 nitrogen and oxygen atoms in total. The maximum atomic E-state index is 4.32. The zero-order valence-corrected chi connectivity index (χ0v) is 12.3. The summed E-state index contributed by atoms with van der Waals surface area (Å²) in [4.78, 5) is 4.32. The number of fused-ring (bicyclic) bond motifs is 1. The van der Waals surface area contributed by atoms with Gasteiger partial charge in [0, 0.05) is 30.0 Å². The quantitative estimate of drug-likeness (QED) is 0.724. The summed E-state index contributed by atoms with van der Waals surface area (Å²) in [5.74, 6) is 0. The van der Waals surface area contributed by atoms with E-state index < -0.39 is 0 Å². The molecule has 2 aromatic carbocycles. The Morgan fingerprint density at radius 3 is 2.57 bits per heavy atom.